The molecule has 0 bridgehead atoms. The van der Waals surface area contributed by atoms with Gasteiger partial charge in [0, 0.05) is 12.6 Å². The molecule has 2 aliphatic rings. The van der Waals surface area contributed by atoms with E-state index < -0.39 is 49.2 Å². The number of fused-ring (bicyclic) bond motifs is 2. The maximum absolute atomic E-state index is 14.1. The van der Waals surface area contributed by atoms with Gasteiger partial charge in [0.1, 0.15) is 23.3 Å². The molecule has 12 nitrogen and oxygen atoms in total. The molecule has 3 aromatic rings. The van der Waals surface area contributed by atoms with Gasteiger partial charge in [0.05, 0.1) is 16.8 Å². The van der Waals surface area contributed by atoms with E-state index in [1.807, 2.05) is 13.8 Å². The van der Waals surface area contributed by atoms with E-state index >= 15 is 0 Å². The Bertz CT molecular complexity index is 1960. The summed E-state index contributed by atoms with van der Waals surface area (Å²) >= 11 is 0. The highest BCUT2D eigenvalue weighted by Crippen LogP contribution is 2.43. The van der Waals surface area contributed by atoms with Gasteiger partial charge in [-0.1, -0.05) is 68.4 Å². The van der Waals surface area contributed by atoms with Crippen LogP contribution in [0.5, 0.6) is 0 Å². The van der Waals surface area contributed by atoms with E-state index in [1.165, 1.54) is 12.1 Å². The largest absolute Gasteiger partial charge is 0.444 e. The summed E-state index contributed by atoms with van der Waals surface area (Å²) in [5, 5.41) is 2.85. The van der Waals surface area contributed by atoms with Crippen molar-refractivity contribution in [3.63, 3.8) is 0 Å². The Morgan fingerprint density at radius 1 is 1.07 bits per heavy atom. The predicted octanol–water partition coefficient (Wildman–Crippen LogP) is 4.90. The second-order valence-corrected chi connectivity index (χ2v) is 15.1. The van der Waals surface area contributed by atoms with Crippen molar-refractivity contribution in [2.45, 2.75) is 50.5 Å². The molecule has 2 N–H and O–H groups in total. The first-order valence-electron chi connectivity index (χ1n) is 14.6. The molecule has 0 aromatic heterocycles. The third kappa shape index (κ3) is 6.27. The standard InChI is InChI=1S/C32H34N4O8S2/c1-20(2)16-17-32(3)24-13-9-8-12-23(24)28(37)27(29(32)38)30-33-25-15-14-22(18-26(25)45(40,41)35-30)34-46(42,43)36(4)31(39)44-19-21-10-6-5-7-11-21/h5-15,18,20,27,34H,16-17,19H2,1-4H3,(H,33,35). The molecule has 0 saturated heterocycles. The molecule has 2 unspecified atom stereocenters. The summed E-state index contributed by atoms with van der Waals surface area (Å²) in [6, 6.07) is 19.1. The van der Waals surface area contributed by atoms with Gasteiger partial charge in [-0.05, 0) is 55.0 Å². The monoisotopic (exact) mass is 666 g/mol. The number of amides is 1. The lowest BCUT2D eigenvalue weighted by Crippen LogP contribution is -2.51. The first-order valence-corrected chi connectivity index (χ1v) is 17.4. The Morgan fingerprint density at radius 2 is 1.74 bits per heavy atom. The minimum Gasteiger partial charge on any atom is -0.444 e. The normalized spacial score (nSPS) is 20.2. The summed E-state index contributed by atoms with van der Waals surface area (Å²) < 4.78 is 64.1. The van der Waals surface area contributed by atoms with Crippen LogP contribution in [0.25, 0.3) is 0 Å². The molecular formula is C32H34N4O8S2. The molecule has 46 heavy (non-hydrogen) atoms. The fraction of sp³-hybridized carbons (Fsp3) is 0.312. The number of nitrogens with zero attached hydrogens (tertiary/aromatic N) is 2. The van der Waals surface area contributed by atoms with E-state index in [2.05, 4.69) is 14.4 Å². The Kier molecular flexibility index (Phi) is 8.79. The highest BCUT2D eigenvalue weighted by molar-refractivity contribution is 7.91. The predicted molar refractivity (Wildman–Crippen MR) is 172 cm³/mol. The molecule has 5 rings (SSSR count). The van der Waals surface area contributed by atoms with Crippen molar-refractivity contribution in [3.8, 4) is 0 Å². The van der Waals surface area contributed by atoms with Crippen molar-refractivity contribution < 1.29 is 36.0 Å². The molecule has 0 spiro atoms. The minimum atomic E-state index is -4.51. The molecule has 1 amide bonds. The van der Waals surface area contributed by atoms with Crippen LogP contribution in [0.4, 0.5) is 16.2 Å². The van der Waals surface area contributed by atoms with E-state index in [4.69, 9.17) is 4.74 Å². The first kappa shape index (κ1) is 32.8. The van der Waals surface area contributed by atoms with Crippen LogP contribution in [0, 0.1) is 11.8 Å². The van der Waals surface area contributed by atoms with Crippen LogP contribution >= 0.6 is 0 Å². The third-order valence-corrected chi connectivity index (χ3v) is 10.9. The van der Waals surface area contributed by atoms with Gasteiger partial charge in [0.15, 0.2) is 11.6 Å². The number of carbonyl (C=O) groups is 3. The molecule has 1 aliphatic heterocycles. The number of hydrogen-bond donors (Lipinski definition) is 2. The fourth-order valence-electron chi connectivity index (χ4n) is 5.48. The van der Waals surface area contributed by atoms with Crippen molar-refractivity contribution in [2.75, 3.05) is 17.1 Å². The zero-order valence-corrected chi connectivity index (χ0v) is 27.3. The van der Waals surface area contributed by atoms with E-state index in [1.54, 1.807) is 61.5 Å². The van der Waals surface area contributed by atoms with Crippen molar-refractivity contribution >= 4 is 55.1 Å². The maximum Gasteiger partial charge on any atom is 0.425 e. The molecule has 1 heterocycles. The molecule has 0 saturated carbocycles. The molecule has 0 radical (unpaired) electrons. The lowest BCUT2D eigenvalue weighted by molar-refractivity contribution is -0.125. The third-order valence-electron chi connectivity index (χ3n) is 8.16. The van der Waals surface area contributed by atoms with Crippen molar-refractivity contribution in [1.82, 2.24) is 4.31 Å². The van der Waals surface area contributed by atoms with E-state index in [0.29, 0.717) is 33.8 Å². The van der Waals surface area contributed by atoms with Crippen LogP contribution in [0.1, 0.15) is 55.1 Å². The number of rotatable bonds is 9. The quantitative estimate of drug-likeness (QED) is 0.302. The zero-order chi connectivity index (χ0) is 33.4. The number of anilines is 2. The van der Waals surface area contributed by atoms with Gasteiger partial charge in [-0.3, -0.25) is 14.3 Å². The second kappa shape index (κ2) is 12.3. The molecule has 0 fully saturated rings. The summed E-state index contributed by atoms with van der Waals surface area (Å²) in [7, 11) is -8.01. The van der Waals surface area contributed by atoms with Crippen molar-refractivity contribution in [3.05, 3.63) is 89.5 Å². The van der Waals surface area contributed by atoms with Crippen LogP contribution in [-0.2, 0) is 41.8 Å². The summed E-state index contributed by atoms with van der Waals surface area (Å²) in [4.78, 5) is 39.8. The number of benzene rings is 3. The average molecular weight is 667 g/mol. The second-order valence-electron chi connectivity index (χ2n) is 11.9. The van der Waals surface area contributed by atoms with Gasteiger partial charge in [-0.2, -0.15) is 21.1 Å². The summed E-state index contributed by atoms with van der Waals surface area (Å²) in [6.45, 7) is 5.68. The Labute approximate surface area is 268 Å². The molecule has 14 heteroatoms. The Hall–Kier alpha value is -4.56. The number of nitrogens with one attached hydrogen (secondary N) is 2. The minimum absolute atomic E-state index is 0.00640. The van der Waals surface area contributed by atoms with E-state index in [-0.39, 0.29) is 34.6 Å². The van der Waals surface area contributed by atoms with Gasteiger partial charge in [0.2, 0.25) is 0 Å². The lowest BCUT2D eigenvalue weighted by atomic mass is 9.63. The van der Waals surface area contributed by atoms with Gasteiger partial charge in [-0.15, -0.1) is 4.40 Å². The van der Waals surface area contributed by atoms with Crippen LogP contribution < -0.4 is 10.0 Å². The number of carbonyl (C=O) groups excluding carboxylic acids is 3. The number of amidine groups is 1. The first-order chi connectivity index (χ1) is 21.6. The summed E-state index contributed by atoms with van der Waals surface area (Å²) in [5.41, 5.74) is 0.374. The smallest absolute Gasteiger partial charge is 0.425 e. The molecule has 2 atom stereocenters. The molecular weight excluding hydrogens is 633 g/mol. The SMILES string of the molecule is CC(C)CCC1(C)C(=O)C(C2=NS(=O)(=O)c3cc(NS(=O)(=O)N(C)C(=O)OCc4ccccc4)ccc3N2)C(=O)c2ccccc21. The Balaban J connectivity index is 1.39. The van der Waals surface area contributed by atoms with Crippen LogP contribution in [0.3, 0.4) is 0 Å². The molecule has 1 aliphatic carbocycles. The lowest BCUT2D eigenvalue weighted by Gasteiger charge is -2.39. The molecule has 3 aromatic carbocycles. The number of ketones is 2. The number of Topliss-reactive ketones (excluding diaryl/α,β-unsaturated/α-hetero) is 2. The van der Waals surface area contributed by atoms with Crippen LogP contribution in [-0.4, -0.2) is 51.7 Å². The summed E-state index contributed by atoms with van der Waals surface area (Å²) in [5.74, 6) is -2.52. The number of hydrogen-bond acceptors (Lipinski definition) is 9. The van der Waals surface area contributed by atoms with Gasteiger partial charge < -0.3 is 10.1 Å². The fourth-order valence-corrected chi connectivity index (χ4v) is 7.47. The topological polar surface area (TPSA) is 168 Å². The number of ether oxygens (including phenoxy) is 1. The van der Waals surface area contributed by atoms with Crippen molar-refractivity contribution in [1.29, 1.82) is 0 Å². The number of sulfonamides is 1. The van der Waals surface area contributed by atoms with Gasteiger partial charge in [-0.25, -0.2) is 4.79 Å². The van der Waals surface area contributed by atoms with Gasteiger partial charge in [0.25, 0.3) is 10.0 Å². The van der Waals surface area contributed by atoms with Crippen molar-refractivity contribution in [2.24, 2.45) is 16.2 Å². The van der Waals surface area contributed by atoms with E-state index in [9.17, 15) is 31.2 Å². The Morgan fingerprint density at radius 3 is 2.43 bits per heavy atom. The zero-order valence-electron chi connectivity index (χ0n) is 25.7. The molecule has 242 valence electrons. The van der Waals surface area contributed by atoms with Crippen LogP contribution in [0.2, 0.25) is 0 Å². The van der Waals surface area contributed by atoms with Crippen LogP contribution in [0.15, 0.2) is 82.1 Å². The maximum atomic E-state index is 14.1. The highest BCUT2D eigenvalue weighted by Gasteiger charge is 2.51. The average Bonchev–Trinajstić information content (AvgIpc) is 3.02. The van der Waals surface area contributed by atoms with E-state index in [0.717, 1.165) is 13.1 Å². The van der Waals surface area contributed by atoms with Gasteiger partial charge >= 0.3 is 16.3 Å². The summed E-state index contributed by atoms with van der Waals surface area (Å²) in [6.07, 6.45) is 0.0112. The highest BCUT2D eigenvalue weighted by atomic mass is 32.2.